The molecule has 1 atom stereocenters. The zero-order chi connectivity index (χ0) is 21.1. The average molecular weight is 405 g/mol. The summed E-state index contributed by atoms with van der Waals surface area (Å²) in [5.41, 5.74) is 3.24. The summed E-state index contributed by atoms with van der Waals surface area (Å²) in [7, 11) is 0. The molecule has 156 valence electrons. The molecule has 4 rings (SSSR count). The summed E-state index contributed by atoms with van der Waals surface area (Å²) in [6.07, 6.45) is 3.99. The first-order valence-corrected chi connectivity index (χ1v) is 10.6. The molecule has 2 amide bonds. The van der Waals surface area contributed by atoms with Gasteiger partial charge in [0.15, 0.2) is 0 Å². The summed E-state index contributed by atoms with van der Waals surface area (Å²) in [5.74, 6) is 1.37. The smallest absolute Gasteiger partial charge is 0.251 e. The van der Waals surface area contributed by atoms with Crippen LogP contribution in [-0.4, -0.2) is 21.8 Å². The van der Waals surface area contributed by atoms with Crippen LogP contribution in [0.3, 0.4) is 0 Å². The highest BCUT2D eigenvalue weighted by atomic mass is 16.2. The lowest BCUT2D eigenvalue weighted by Crippen LogP contribution is -2.37. The molecule has 1 aliphatic carbocycles. The molecule has 1 saturated carbocycles. The Morgan fingerprint density at radius 3 is 2.57 bits per heavy atom. The van der Waals surface area contributed by atoms with Gasteiger partial charge in [0.1, 0.15) is 11.9 Å². The minimum Gasteiger partial charge on any atom is -0.342 e. The van der Waals surface area contributed by atoms with E-state index in [2.05, 4.69) is 20.6 Å². The van der Waals surface area contributed by atoms with E-state index in [-0.39, 0.29) is 17.7 Å². The van der Waals surface area contributed by atoms with Crippen molar-refractivity contribution in [2.45, 2.75) is 51.5 Å². The number of imidazole rings is 1. The van der Waals surface area contributed by atoms with Gasteiger partial charge in [0.05, 0.1) is 11.0 Å². The third kappa shape index (κ3) is 4.53. The van der Waals surface area contributed by atoms with E-state index in [1.54, 1.807) is 0 Å². The van der Waals surface area contributed by atoms with Gasteiger partial charge in [-0.15, -0.1) is 0 Å². The molecular formula is C24H28N4O2. The third-order valence-electron chi connectivity index (χ3n) is 5.55. The first-order valence-electron chi connectivity index (χ1n) is 10.6. The van der Waals surface area contributed by atoms with E-state index < -0.39 is 6.04 Å². The molecule has 0 radical (unpaired) electrons. The molecule has 0 saturated heterocycles. The lowest BCUT2D eigenvalue weighted by Gasteiger charge is -2.22. The van der Waals surface area contributed by atoms with Crippen molar-refractivity contribution in [3.63, 3.8) is 0 Å². The Hall–Kier alpha value is -3.15. The topological polar surface area (TPSA) is 86.9 Å². The number of fused-ring (bicyclic) bond motifs is 1. The SMILES string of the molecule is CC(C)CC(=O)NC(C(=O)Nc1ccc2nc(C3CCC3)[nH]c2c1)c1ccccc1. The molecule has 3 aromatic rings. The minimum atomic E-state index is -0.750. The van der Waals surface area contributed by atoms with Crippen LogP contribution in [0.5, 0.6) is 0 Å². The van der Waals surface area contributed by atoms with Crippen molar-refractivity contribution in [1.29, 1.82) is 0 Å². The Balaban J connectivity index is 1.53. The van der Waals surface area contributed by atoms with Crippen molar-refractivity contribution in [1.82, 2.24) is 15.3 Å². The van der Waals surface area contributed by atoms with Crippen LogP contribution in [0.25, 0.3) is 11.0 Å². The second kappa shape index (κ2) is 8.69. The lowest BCUT2D eigenvalue weighted by molar-refractivity contribution is -0.127. The van der Waals surface area contributed by atoms with E-state index in [0.717, 1.165) is 22.4 Å². The lowest BCUT2D eigenvalue weighted by atomic mass is 9.85. The van der Waals surface area contributed by atoms with Crippen LogP contribution in [0.15, 0.2) is 48.5 Å². The van der Waals surface area contributed by atoms with Crippen molar-refractivity contribution >= 4 is 28.5 Å². The predicted molar refractivity (Wildman–Crippen MR) is 118 cm³/mol. The van der Waals surface area contributed by atoms with Gasteiger partial charge in [0, 0.05) is 18.0 Å². The van der Waals surface area contributed by atoms with Gasteiger partial charge >= 0.3 is 0 Å². The average Bonchev–Trinajstić information content (AvgIpc) is 3.07. The quantitative estimate of drug-likeness (QED) is 0.535. The highest BCUT2D eigenvalue weighted by Gasteiger charge is 2.24. The maximum Gasteiger partial charge on any atom is 0.251 e. The summed E-state index contributed by atoms with van der Waals surface area (Å²) < 4.78 is 0. The molecule has 6 nitrogen and oxygen atoms in total. The number of hydrogen-bond acceptors (Lipinski definition) is 3. The normalized spacial score (nSPS) is 15.0. The minimum absolute atomic E-state index is 0.136. The van der Waals surface area contributed by atoms with Crippen molar-refractivity contribution in [2.75, 3.05) is 5.32 Å². The van der Waals surface area contributed by atoms with Gasteiger partial charge in [-0.2, -0.15) is 0 Å². The van der Waals surface area contributed by atoms with E-state index in [9.17, 15) is 9.59 Å². The Kier molecular flexibility index (Phi) is 5.84. The van der Waals surface area contributed by atoms with Gasteiger partial charge in [0.25, 0.3) is 5.91 Å². The number of H-pyrrole nitrogens is 1. The van der Waals surface area contributed by atoms with Crippen molar-refractivity contribution < 1.29 is 9.59 Å². The van der Waals surface area contributed by atoms with Gasteiger partial charge in [-0.25, -0.2) is 4.98 Å². The largest absolute Gasteiger partial charge is 0.342 e. The Morgan fingerprint density at radius 2 is 1.90 bits per heavy atom. The van der Waals surface area contributed by atoms with Crippen LogP contribution in [-0.2, 0) is 9.59 Å². The highest BCUT2D eigenvalue weighted by Crippen LogP contribution is 2.35. The Labute approximate surface area is 176 Å². The summed E-state index contributed by atoms with van der Waals surface area (Å²) in [6, 6.07) is 14.2. The first kappa shape index (κ1) is 20.1. The molecule has 0 aliphatic heterocycles. The van der Waals surface area contributed by atoms with Crippen LogP contribution in [0.1, 0.15) is 62.9 Å². The first-order chi connectivity index (χ1) is 14.5. The van der Waals surface area contributed by atoms with Gasteiger partial charge < -0.3 is 15.6 Å². The van der Waals surface area contributed by atoms with E-state index in [1.807, 2.05) is 62.4 Å². The standard InChI is InChI=1S/C24H28N4O2/c1-15(2)13-21(29)28-22(16-7-4-3-5-8-16)24(30)25-18-11-12-19-20(14-18)27-23(26-19)17-9-6-10-17/h3-5,7-8,11-12,14-15,17,22H,6,9-10,13H2,1-2H3,(H,25,30)(H,26,27)(H,28,29). The molecule has 30 heavy (non-hydrogen) atoms. The number of aromatic amines is 1. The zero-order valence-electron chi connectivity index (χ0n) is 17.4. The van der Waals surface area contributed by atoms with Crippen molar-refractivity contribution in [3.05, 3.63) is 59.9 Å². The van der Waals surface area contributed by atoms with Gasteiger partial charge in [-0.1, -0.05) is 50.6 Å². The third-order valence-corrected chi connectivity index (χ3v) is 5.55. The molecule has 1 heterocycles. The number of nitrogens with zero attached hydrogens (tertiary/aromatic N) is 1. The molecule has 1 aromatic heterocycles. The van der Waals surface area contributed by atoms with Crippen molar-refractivity contribution in [3.8, 4) is 0 Å². The van der Waals surface area contributed by atoms with Crippen LogP contribution in [0.4, 0.5) is 5.69 Å². The van der Waals surface area contributed by atoms with E-state index >= 15 is 0 Å². The number of benzene rings is 2. The number of aromatic nitrogens is 2. The van der Waals surface area contributed by atoms with Crippen LogP contribution in [0.2, 0.25) is 0 Å². The van der Waals surface area contributed by atoms with E-state index in [0.29, 0.717) is 18.0 Å². The van der Waals surface area contributed by atoms with E-state index in [4.69, 9.17) is 0 Å². The number of amides is 2. The van der Waals surface area contributed by atoms with Crippen molar-refractivity contribution in [2.24, 2.45) is 5.92 Å². The summed E-state index contributed by atoms with van der Waals surface area (Å²) >= 11 is 0. The molecule has 2 aromatic carbocycles. The van der Waals surface area contributed by atoms with Crippen LogP contribution >= 0.6 is 0 Å². The number of hydrogen-bond donors (Lipinski definition) is 3. The van der Waals surface area contributed by atoms with Crippen LogP contribution < -0.4 is 10.6 Å². The number of carbonyl (C=O) groups excluding carboxylic acids is 2. The molecule has 1 fully saturated rings. The monoisotopic (exact) mass is 404 g/mol. The van der Waals surface area contributed by atoms with E-state index in [1.165, 1.54) is 19.3 Å². The Bertz CT molecular complexity index is 1040. The maximum atomic E-state index is 13.1. The molecule has 6 heteroatoms. The van der Waals surface area contributed by atoms with Crippen LogP contribution in [0, 0.1) is 5.92 Å². The van der Waals surface area contributed by atoms with Gasteiger partial charge in [-0.05, 0) is 42.5 Å². The molecule has 3 N–H and O–H groups in total. The number of rotatable bonds is 7. The molecule has 0 spiro atoms. The number of anilines is 1. The highest BCUT2D eigenvalue weighted by molar-refractivity contribution is 5.99. The predicted octanol–water partition coefficient (Wildman–Crippen LogP) is 4.67. The Morgan fingerprint density at radius 1 is 1.13 bits per heavy atom. The molecule has 1 unspecified atom stereocenters. The fourth-order valence-corrected chi connectivity index (χ4v) is 3.73. The number of nitrogens with one attached hydrogen (secondary N) is 3. The maximum absolute atomic E-state index is 13.1. The second-order valence-electron chi connectivity index (χ2n) is 8.48. The van der Waals surface area contributed by atoms with Gasteiger partial charge in [0.2, 0.25) is 5.91 Å². The molecule has 1 aliphatic rings. The summed E-state index contributed by atoms with van der Waals surface area (Å²) in [6.45, 7) is 3.96. The fourth-order valence-electron chi connectivity index (χ4n) is 3.73. The molecule has 0 bridgehead atoms. The summed E-state index contributed by atoms with van der Waals surface area (Å²) in [4.78, 5) is 33.5. The fraction of sp³-hybridized carbons (Fsp3) is 0.375. The van der Waals surface area contributed by atoms with Gasteiger partial charge in [-0.3, -0.25) is 9.59 Å². The zero-order valence-corrected chi connectivity index (χ0v) is 17.4. The molecular weight excluding hydrogens is 376 g/mol. The number of carbonyl (C=O) groups is 2. The summed E-state index contributed by atoms with van der Waals surface area (Å²) in [5, 5.41) is 5.84. The second-order valence-corrected chi connectivity index (χ2v) is 8.48.